The van der Waals surface area contributed by atoms with E-state index in [0.29, 0.717) is 25.7 Å². The molecule has 15 nitrogen and oxygen atoms in total. The Kier molecular flexibility index (Phi) is 36.7. The van der Waals surface area contributed by atoms with Crippen LogP contribution in [0.2, 0.25) is 0 Å². The molecule has 1 aromatic heterocycles. The number of carbonyl (C=O) groups is 7. The minimum atomic E-state index is -0.965. The van der Waals surface area contributed by atoms with Gasteiger partial charge in [0.25, 0.3) is 0 Å². The first-order valence-electron chi connectivity index (χ1n) is 27.2. The van der Waals surface area contributed by atoms with Gasteiger partial charge in [-0.15, -0.1) is 0 Å². The molecule has 70 heavy (non-hydrogen) atoms. The van der Waals surface area contributed by atoms with Crippen molar-refractivity contribution in [2.75, 3.05) is 39.6 Å². The molecule has 0 spiro atoms. The Hall–Kier alpha value is -4.30. The Bertz CT molecular complexity index is 1430. The summed E-state index contributed by atoms with van der Waals surface area (Å²) in [6.07, 6.45) is 26.7. The molecule has 1 rings (SSSR count). The molecular formula is C55H94N2O13. The van der Waals surface area contributed by atoms with E-state index in [4.69, 9.17) is 28.4 Å². The predicted octanol–water partition coefficient (Wildman–Crippen LogP) is 12.2. The number of hydrogen-bond acceptors (Lipinski definition) is 14. The normalized spacial score (nSPS) is 11.6. The molecule has 0 aliphatic carbocycles. The number of unbranched alkanes of at least 4 members (excludes halogenated alkanes) is 16. The van der Waals surface area contributed by atoms with Gasteiger partial charge in [0, 0.05) is 56.8 Å². The van der Waals surface area contributed by atoms with Crippen LogP contribution >= 0.6 is 0 Å². The maximum Gasteiger partial charge on any atom is 0.305 e. The molecule has 0 N–H and O–H groups in total. The second-order valence-corrected chi connectivity index (χ2v) is 20.0. The van der Waals surface area contributed by atoms with Gasteiger partial charge in [0.05, 0.1) is 10.8 Å². The average molecular weight is 991 g/mol. The second kappa shape index (κ2) is 40.3. The average Bonchev–Trinajstić information content (AvgIpc) is 3.90. The number of ether oxygens (including phenoxy) is 6. The Balaban J connectivity index is 2.85. The maximum absolute atomic E-state index is 13.6. The highest BCUT2D eigenvalue weighted by atomic mass is 16.6. The highest BCUT2D eigenvalue weighted by Gasteiger charge is 2.32. The van der Waals surface area contributed by atoms with Crippen LogP contribution in [0.15, 0.2) is 18.7 Å². The highest BCUT2D eigenvalue weighted by Crippen LogP contribution is 2.24. The molecule has 0 unspecified atom stereocenters. The summed E-state index contributed by atoms with van der Waals surface area (Å²) < 4.78 is 35.2. The Morgan fingerprint density at radius 3 is 0.900 bits per heavy atom. The van der Waals surface area contributed by atoms with E-state index in [-0.39, 0.29) is 108 Å². The standard InChI is InChI=1S/C55H94N2O13/c1-7-11-15-19-23-31-47(58)65-39-54(5,40-66-48(59)32-24-20-16-12-8-2)43-69-51(62)35-27-29-46(53(64)57-38-37-56-45-57)30-28-36-52(63)70-44-55(6,41-67-49(60)33-25-21-17-13-9-3)42-68-50(61)34-26-22-18-14-10-4/h37-38,45-46H,7-36,39-44H2,1-6H3. The van der Waals surface area contributed by atoms with E-state index < -0.39 is 28.7 Å². The minimum absolute atomic E-state index is 0.00632. The molecule has 0 saturated heterocycles. The molecule has 0 bridgehead atoms. The van der Waals surface area contributed by atoms with E-state index in [1.165, 1.54) is 17.1 Å². The summed E-state index contributed by atoms with van der Waals surface area (Å²) in [5.41, 5.74) is -1.93. The lowest BCUT2D eigenvalue weighted by molar-refractivity contribution is -0.163. The SMILES string of the molecule is CCCCCCCC(=O)OCC(C)(COC(=O)CCCCCCC)COC(=O)CCCC(CCCC(=O)OCC(C)(COC(=O)CCCCCCC)COC(=O)CCCCCCC)C(=O)n1ccnc1. The Morgan fingerprint density at radius 1 is 0.400 bits per heavy atom. The quantitative estimate of drug-likeness (QED) is 0.0340. The number of imidazole rings is 1. The first kappa shape index (κ1) is 63.7. The van der Waals surface area contributed by atoms with Gasteiger partial charge >= 0.3 is 35.8 Å². The van der Waals surface area contributed by atoms with Gasteiger partial charge in [-0.3, -0.25) is 38.1 Å². The number of rotatable bonds is 45. The molecule has 15 heteroatoms. The zero-order valence-electron chi connectivity index (χ0n) is 44.5. The lowest BCUT2D eigenvalue weighted by Crippen LogP contribution is -2.37. The molecule has 0 fully saturated rings. The second-order valence-electron chi connectivity index (χ2n) is 20.0. The van der Waals surface area contributed by atoms with Gasteiger partial charge in [0.2, 0.25) is 5.91 Å². The van der Waals surface area contributed by atoms with Crippen molar-refractivity contribution in [2.45, 2.75) is 234 Å². The van der Waals surface area contributed by atoms with Crippen LogP contribution in [-0.4, -0.2) is 90.9 Å². The number of hydrogen-bond donors (Lipinski definition) is 0. The van der Waals surface area contributed by atoms with E-state index >= 15 is 0 Å². The zero-order chi connectivity index (χ0) is 51.7. The fourth-order valence-electron chi connectivity index (χ4n) is 7.68. The van der Waals surface area contributed by atoms with Crippen LogP contribution in [0.3, 0.4) is 0 Å². The molecule has 1 aromatic rings. The van der Waals surface area contributed by atoms with E-state index in [1.54, 1.807) is 20.0 Å². The number of esters is 6. The van der Waals surface area contributed by atoms with Gasteiger partial charge in [-0.1, -0.05) is 130 Å². The smallest absolute Gasteiger partial charge is 0.305 e. The molecule has 0 aliphatic heterocycles. The molecule has 1 heterocycles. The molecule has 0 saturated carbocycles. The van der Waals surface area contributed by atoms with Gasteiger partial charge in [-0.05, 0) is 65.2 Å². The van der Waals surface area contributed by atoms with E-state index in [9.17, 15) is 33.6 Å². The third-order valence-corrected chi connectivity index (χ3v) is 12.4. The first-order valence-corrected chi connectivity index (χ1v) is 27.2. The molecule has 0 aliphatic rings. The van der Waals surface area contributed by atoms with Crippen molar-refractivity contribution in [3.05, 3.63) is 18.7 Å². The van der Waals surface area contributed by atoms with Crippen LogP contribution in [0.4, 0.5) is 0 Å². The van der Waals surface area contributed by atoms with Gasteiger partial charge in [-0.2, -0.15) is 0 Å². The van der Waals surface area contributed by atoms with Crippen molar-refractivity contribution >= 4 is 41.7 Å². The van der Waals surface area contributed by atoms with Crippen molar-refractivity contribution in [3.8, 4) is 0 Å². The summed E-state index contributed by atoms with van der Waals surface area (Å²) in [4.78, 5) is 94.3. The van der Waals surface area contributed by atoms with E-state index in [1.807, 2.05) is 0 Å². The van der Waals surface area contributed by atoms with Crippen molar-refractivity contribution in [2.24, 2.45) is 16.7 Å². The van der Waals surface area contributed by atoms with Crippen molar-refractivity contribution < 1.29 is 62.0 Å². The van der Waals surface area contributed by atoms with Crippen LogP contribution in [0, 0.1) is 16.7 Å². The predicted molar refractivity (Wildman–Crippen MR) is 270 cm³/mol. The Labute approximate surface area is 421 Å². The minimum Gasteiger partial charge on any atom is -0.465 e. The lowest BCUT2D eigenvalue weighted by Gasteiger charge is -2.28. The summed E-state index contributed by atoms with van der Waals surface area (Å²) in [6, 6.07) is 0. The molecule has 402 valence electrons. The molecular weight excluding hydrogens is 897 g/mol. The topological polar surface area (TPSA) is 193 Å². The first-order chi connectivity index (χ1) is 33.7. The van der Waals surface area contributed by atoms with E-state index in [0.717, 1.165) is 128 Å². The number of aromatic nitrogens is 2. The fourth-order valence-corrected chi connectivity index (χ4v) is 7.68. The summed E-state index contributed by atoms with van der Waals surface area (Å²) in [7, 11) is 0. The third kappa shape index (κ3) is 33.3. The highest BCUT2D eigenvalue weighted by molar-refractivity contribution is 5.81. The van der Waals surface area contributed by atoms with Crippen LogP contribution in [-0.2, 0) is 57.2 Å². The fraction of sp³-hybridized carbons (Fsp3) is 0.818. The van der Waals surface area contributed by atoms with Crippen molar-refractivity contribution in [3.63, 3.8) is 0 Å². The summed E-state index contributed by atoms with van der Waals surface area (Å²) in [5, 5.41) is 0. The number of nitrogens with zero attached hydrogens (tertiary/aromatic N) is 2. The zero-order valence-corrected chi connectivity index (χ0v) is 44.5. The van der Waals surface area contributed by atoms with E-state index in [2.05, 4.69) is 32.7 Å². The van der Waals surface area contributed by atoms with Gasteiger partial charge in [0.15, 0.2) is 0 Å². The van der Waals surface area contributed by atoms with Gasteiger partial charge in [0.1, 0.15) is 46.0 Å². The van der Waals surface area contributed by atoms with Crippen molar-refractivity contribution in [1.29, 1.82) is 0 Å². The maximum atomic E-state index is 13.6. The van der Waals surface area contributed by atoms with Crippen LogP contribution in [0.1, 0.15) is 239 Å². The van der Waals surface area contributed by atoms with Crippen LogP contribution in [0.5, 0.6) is 0 Å². The molecule has 0 atom stereocenters. The summed E-state index contributed by atoms with van der Waals surface area (Å²) in [6.45, 7) is 11.4. The third-order valence-electron chi connectivity index (χ3n) is 12.4. The monoisotopic (exact) mass is 991 g/mol. The lowest BCUT2D eigenvalue weighted by atomic mass is 9.93. The number of carbonyl (C=O) groups excluding carboxylic acids is 7. The van der Waals surface area contributed by atoms with Crippen LogP contribution < -0.4 is 0 Å². The molecule has 0 aromatic carbocycles. The molecule has 0 amide bonds. The summed E-state index contributed by atoms with van der Waals surface area (Å²) in [5.74, 6) is -3.18. The Morgan fingerprint density at radius 2 is 0.657 bits per heavy atom. The van der Waals surface area contributed by atoms with Crippen LogP contribution in [0.25, 0.3) is 0 Å². The largest absolute Gasteiger partial charge is 0.465 e. The van der Waals surface area contributed by atoms with Crippen molar-refractivity contribution in [1.82, 2.24) is 9.55 Å². The molecule has 0 radical (unpaired) electrons. The van der Waals surface area contributed by atoms with Gasteiger partial charge < -0.3 is 28.4 Å². The summed E-state index contributed by atoms with van der Waals surface area (Å²) >= 11 is 0. The van der Waals surface area contributed by atoms with Gasteiger partial charge in [-0.25, -0.2) is 4.98 Å².